The normalized spacial score (nSPS) is 22.5. The monoisotopic (exact) mass is 363 g/mol. The molecule has 2 N–H and O–H groups in total. The third kappa shape index (κ3) is 5.12. The first kappa shape index (κ1) is 19.5. The van der Waals surface area contributed by atoms with Gasteiger partial charge in [-0.1, -0.05) is 12.8 Å². The minimum atomic E-state index is -0.257. The first-order chi connectivity index (χ1) is 12.5. The first-order valence-corrected chi connectivity index (χ1v) is 10.4. The van der Waals surface area contributed by atoms with Crippen molar-refractivity contribution in [3.63, 3.8) is 0 Å². The smallest absolute Gasteiger partial charge is 0.230 e. The number of nitrogens with zero attached hydrogens (tertiary/aromatic N) is 3. The van der Waals surface area contributed by atoms with Crippen LogP contribution in [0, 0.1) is 11.3 Å². The van der Waals surface area contributed by atoms with Crippen molar-refractivity contribution in [1.82, 2.24) is 20.4 Å². The Morgan fingerprint density at radius 3 is 2.35 bits per heavy atom. The van der Waals surface area contributed by atoms with Crippen molar-refractivity contribution in [2.45, 2.75) is 57.4 Å². The Morgan fingerprint density at radius 1 is 1.12 bits per heavy atom. The maximum absolute atomic E-state index is 12.7. The van der Waals surface area contributed by atoms with Crippen molar-refractivity contribution in [3.05, 3.63) is 0 Å². The van der Waals surface area contributed by atoms with Gasteiger partial charge >= 0.3 is 0 Å². The molecule has 6 heteroatoms. The van der Waals surface area contributed by atoms with Gasteiger partial charge in [0.15, 0.2) is 5.96 Å². The van der Waals surface area contributed by atoms with Crippen molar-refractivity contribution in [1.29, 1.82) is 0 Å². The lowest BCUT2D eigenvalue weighted by Gasteiger charge is -2.31. The van der Waals surface area contributed by atoms with Crippen LogP contribution >= 0.6 is 0 Å². The van der Waals surface area contributed by atoms with Crippen LogP contribution in [-0.4, -0.2) is 75.0 Å². The molecule has 0 unspecified atom stereocenters. The molecule has 0 aromatic rings. The number of carbonyl (C=O) groups is 1. The lowest BCUT2D eigenvalue weighted by molar-refractivity contribution is -0.138. The van der Waals surface area contributed by atoms with Gasteiger partial charge < -0.3 is 15.5 Å². The van der Waals surface area contributed by atoms with Crippen molar-refractivity contribution in [2.75, 3.05) is 47.3 Å². The number of aliphatic imine (C=N–C) groups is 1. The Kier molecular flexibility index (Phi) is 6.43. The Morgan fingerprint density at radius 2 is 1.81 bits per heavy atom. The molecule has 3 rings (SSSR count). The first-order valence-electron chi connectivity index (χ1n) is 10.4. The van der Waals surface area contributed by atoms with E-state index in [0.29, 0.717) is 6.54 Å². The molecule has 0 aromatic heterocycles. The number of amides is 1. The molecule has 26 heavy (non-hydrogen) atoms. The molecule has 148 valence electrons. The van der Waals surface area contributed by atoms with E-state index in [1.165, 1.54) is 32.2 Å². The number of guanidine groups is 1. The van der Waals surface area contributed by atoms with Crippen LogP contribution < -0.4 is 10.6 Å². The molecule has 0 heterocycles. The van der Waals surface area contributed by atoms with Gasteiger partial charge in [0.25, 0.3) is 0 Å². The van der Waals surface area contributed by atoms with Gasteiger partial charge in [0, 0.05) is 53.4 Å². The van der Waals surface area contributed by atoms with Gasteiger partial charge in [-0.15, -0.1) is 0 Å². The van der Waals surface area contributed by atoms with Gasteiger partial charge in [-0.2, -0.15) is 0 Å². The summed E-state index contributed by atoms with van der Waals surface area (Å²) in [5, 5.41) is 6.89. The highest BCUT2D eigenvalue weighted by atomic mass is 16.2. The minimum absolute atomic E-state index is 0.252. The highest BCUT2D eigenvalue weighted by Crippen LogP contribution is 2.39. The van der Waals surface area contributed by atoms with E-state index in [1.54, 1.807) is 4.90 Å². The van der Waals surface area contributed by atoms with Gasteiger partial charge in [-0.05, 0) is 44.4 Å². The molecule has 3 fully saturated rings. The van der Waals surface area contributed by atoms with Crippen LogP contribution in [0.2, 0.25) is 0 Å². The molecule has 0 aliphatic heterocycles. The fourth-order valence-corrected chi connectivity index (χ4v) is 4.28. The molecular weight excluding hydrogens is 326 g/mol. The predicted molar refractivity (Wildman–Crippen MR) is 106 cm³/mol. The van der Waals surface area contributed by atoms with Gasteiger partial charge in [0.1, 0.15) is 0 Å². The van der Waals surface area contributed by atoms with Crippen LogP contribution in [0.3, 0.4) is 0 Å². The number of carbonyl (C=O) groups excluding carboxylic acids is 1. The van der Waals surface area contributed by atoms with Gasteiger partial charge in [-0.3, -0.25) is 14.7 Å². The molecule has 3 aliphatic carbocycles. The molecule has 3 saturated carbocycles. The van der Waals surface area contributed by atoms with E-state index in [0.717, 1.165) is 56.7 Å². The summed E-state index contributed by atoms with van der Waals surface area (Å²) in [6.07, 6.45) is 9.82. The van der Waals surface area contributed by atoms with Gasteiger partial charge in [0.05, 0.1) is 5.41 Å². The summed E-state index contributed by atoms with van der Waals surface area (Å²) in [7, 11) is 5.54. The van der Waals surface area contributed by atoms with Gasteiger partial charge in [-0.25, -0.2) is 0 Å². The molecule has 0 spiro atoms. The topological polar surface area (TPSA) is 60.0 Å². The van der Waals surface area contributed by atoms with Crippen LogP contribution in [0.5, 0.6) is 0 Å². The van der Waals surface area contributed by atoms with Crippen LogP contribution in [0.25, 0.3) is 0 Å². The summed E-state index contributed by atoms with van der Waals surface area (Å²) in [6.45, 7) is 3.96. The molecule has 0 saturated heterocycles. The molecule has 0 atom stereocenters. The summed E-state index contributed by atoms with van der Waals surface area (Å²) in [5.41, 5.74) is -0.257. The van der Waals surface area contributed by atoms with Crippen molar-refractivity contribution < 1.29 is 4.79 Å². The van der Waals surface area contributed by atoms with Crippen molar-refractivity contribution in [3.8, 4) is 0 Å². The van der Waals surface area contributed by atoms with Crippen LogP contribution in [0.1, 0.15) is 51.4 Å². The van der Waals surface area contributed by atoms with Crippen LogP contribution in [0.4, 0.5) is 0 Å². The SMILES string of the molecule is CN=C(NCCN(CC1CC1)C1CC1)NCC1(C(=O)N(C)C)CCCC1. The van der Waals surface area contributed by atoms with E-state index in [9.17, 15) is 4.79 Å². The van der Waals surface area contributed by atoms with E-state index in [-0.39, 0.29) is 11.3 Å². The van der Waals surface area contributed by atoms with Gasteiger partial charge in [0.2, 0.25) is 5.91 Å². The van der Waals surface area contributed by atoms with Crippen LogP contribution in [-0.2, 0) is 4.79 Å². The second kappa shape index (κ2) is 8.59. The third-order valence-corrected chi connectivity index (χ3v) is 6.18. The number of hydrogen-bond acceptors (Lipinski definition) is 3. The highest BCUT2D eigenvalue weighted by molar-refractivity contribution is 5.85. The molecule has 3 aliphatic rings. The number of hydrogen-bond donors (Lipinski definition) is 2. The zero-order chi connectivity index (χ0) is 18.6. The zero-order valence-electron chi connectivity index (χ0n) is 16.9. The Hall–Kier alpha value is -1.30. The van der Waals surface area contributed by atoms with E-state index < -0.39 is 0 Å². The quantitative estimate of drug-likeness (QED) is 0.483. The second-order valence-electron chi connectivity index (χ2n) is 8.71. The van der Waals surface area contributed by atoms with Crippen molar-refractivity contribution >= 4 is 11.9 Å². The second-order valence-corrected chi connectivity index (χ2v) is 8.71. The largest absolute Gasteiger partial charge is 0.355 e. The highest BCUT2D eigenvalue weighted by Gasteiger charge is 2.42. The van der Waals surface area contributed by atoms with Crippen molar-refractivity contribution in [2.24, 2.45) is 16.3 Å². The maximum atomic E-state index is 12.7. The van der Waals surface area contributed by atoms with E-state index >= 15 is 0 Å². The maximum Gasteiger partial charge on any atom is 0.230 e. The van der Waals surface area contributed by atoms with E-state index in [4.69, 9.17) is 0 Å². The number of nitrogens with one attached hydrogen (secondary N) is 2. The lowest BCUT2D eigenvalue weighted by Crippen LogP contribution is -2.50. The molecule has 6 nitrogen and oxygen atoms in total. The average molecular weight is 364 g/mol. The van der Waals surface area contributed by atoms with E-state index in [1.807, 2.05) is 21.1 Å². The minimum Gasteiger partial charge on any atom is -0.355 e. The Bertz CT molecular complexity index is 504. The molecule has 0 radical (unpaired) electrons. The summed E-state index contributed by atoms with van der Waals surface area (Å²) >= 11 is 0. The summed E-state index contributed by atoms with van der Waals surface area (Å²) in [6, 6.07) is 0.826. The Balaban J connectivity index is 1.44. The molecule has 0 bridgehead atoms. The number of rotatable bonds is 9. The molecular formula is C20H37N5O. The van der Waals surface area contributed by atoms with E-state index in [2.05, 4.69) is 20.5 Å². The molecule has 0 aromatic carbocycles. The lowest BCUT2D eigenvalue weighted by atomic mass is 9.84. The summed E-state index contributed by atoms with van der Waals surface area (Å²) in [5.74, 6) is 2.03. The summed E-state index contributed by atoms with van der Waals surface area (Å²) in [4.78, 5) is 21.4. The standard InChI is InChI=1S/C20H37N5O/c1-21-19(22-12-13-25(17-8-9-17)14-16-6-7-16)23-15-20(10-4-5-11-20)18(26)24(2)3/h16-17H,4-15H2,1-3H3,(H2,21,22,23). The molecule has 1 amide bonds. The average Bonchev–Trinajstić information content (AvgIpc) is 3.55. The predicted octanol–water partition coefficient (Wildman–Crippen LogP) is 1.67. The zero-order valence-corrected chi connectivity index (χ0v) is 16.9. The fourth-order valence-electron chi connectivity index (χ4n) is 4.28. The summed E-state index contributed by atoms with van der Waals surface area (Å²) < 4.78 is 0. The third-order valence-electron chi connectivity index (χ3n) is 6.18. The van der Waals surface area contributed by atoms with Crippen LogP contribution in [0.15, 0.2) is 4.99 Å². The Labute approximate surface area is 158 Å². The fraction of sp³-hybridized carbons (Fsp3) is 0.900.